The number of methoxy groups -OCH3 is 1. The molecule has 1 atom stereocenters. The highest BCUT2D eigenvalue weighted by molar-refractivity contribution is 7.89. The Morgan fingerprint density at radius 3 is 2.86 bits per heavy atom. The fraction of sp³-hybridized carbons (Fsp3) is 0.357. The lowest BCUT2D eigenvalue weighted by Gasteiger charge is -2.16. The van der Waals surface area contributed by atoms with Gasteiger partial charge < -0.3 is 4.74 Å². The van der Waals surface area contributed by atoms with Gasteiger partial charge in [0.15, 0.2) is 0 Å². The first-order valence-electron chi connectivity index (χ1n) is 6.60. The number of rotatable bonds is 3. The van der Waals surface area contributed by atoms with Gasteiger partial charge in [-0.3, -0.25) is 0 Å². The molecule has 0 bridgehead atoms. The van der Waals surface area contributed by atoms with Crippen LogP contribution in [0, 0.1) is 0 Å². The van der Waals surface area contributed by atoms with Gasteiger partial charge in [-0.2, -0.15) is 4.31 Å². The standard InChI is InChI=1S/C14H15ClN2O3S/c1-20-11-6-7-17(9-11)21(18,19)12-3-4-13-10(8-12)2-5-14(15)16-13/h2-5,8,11H,6-7,9H2,1H3. The quantitative estimate of drug-likeness (QED) is 0.812. The minimum absolute atomic E-state index is 0.0271. The molecule has 2 aromatic rings. The zero-order chi connectivity index (χ0) is 15.0. The van der Waals surface area contributed by atoms with E-state index in [9.17, 15) is 8.42 Å². The molecule has 1 aromatic carbocycles. The molecule has 0 amide bonds. The molecule has 3 rings (SSSR count). The van der Waals surface area contributed by atoms with Crippen LogP contribution in [-0.4, -0.2) is 44.0 Å². The first-order chi connectivity index (χ1) is 10.0. The van der Waals surface area contributed by atoms with Crippen molar-refractivity contribution in [1.82, 2.24) is 9.29 Å². The third kappa shape index (κ3) is 2.76. The van der Waals surface area contributed by atoms with E-state index in [1.807, 2.05) is 0 Å². The Balaban J connectivity index is 1.97. The van der Waals surface area contributed by atoms with Crippen LogP contribution in [0.1, 0.15) is 6.42 Å². The van der Waals surface area contributed by atoms with Gasteiger partial charge in [0, 0.05) is 25.6 Å². The van der Waals surface area contributed by atoms with Crippen LogP contribution in [0.4, 0.5) is 0 Å². The van der Waals surface area contributed by atoms with Gasteiger partial charge in [0.05, 0.1) is 16.5 Å². The van der Waals surface area contributed by atoms with Gasteiger partial charge in [-0.1, -0.05) is 11.6 Å². The number of ether oxygens (including phenoxy) is 1. The first kappa shape index (κ1) is 14.7. The molecule has 1 fully saturated rings. The highest BCUT2D eigenvalue weighted by atomic mass is 35.5. The lowest BCUT2D eigenvalue weighted by molar-refractivity contribution is 0.115. The highest BCUT2D eigenvalue weighted by Gasteiger charge is 2.32. The van der Waals surface area contributed by atoms with E-state index >= 15 is 0 Å². The number of benzene rings is 1. The van der Waals surface area contributed by atoms with Crippen LogP contribution >= 0.6 is 11.6 Å². The molecule has 0 spiro atoms. The largest absolute Gasteiger partial charge is 0.380 e. The second kappa shape index (κ2) is 5.53. The average Bonchev–Trinajstić information content (AvgIpc) is 2.96. The third-order valence-electron chi connectivity index (χ3n) is 3.71. The van der Waals surface area contributed by atoms with E-state index in [-0.39, 0.29) is 11.0 Å². The Labute approximate surface area is 128 Å². The van der Waals surface area contributed by atoms with Crippen LogP contribution in [0.3, 0.4) is 0 Å². The van der Waals surface area contributed by atoms with E-state index in [4.69, 9.17) is 16.3 Å². The summed E-state index contributed by atoms with van der Waals surface area (Å²) in [5.41, 5.74) is 0.678. The number of hydrogen-bond acceptors (Lipinski definition) is 4. The number of nitrogens with zero attached hydrogens (tertiary/aromatic N) is 2. The molecular formula is C14H15ClN2O3S. The lowest BCUT2D eigenvalue weighted by Crippen LogP contribution is -2.30. The smallest absolute Gasteiger partial charge is 0.243 e. The zero-order valence-electron chi connectivity index (χ0n) is 11.5. The molecule has 5 nitrogen and oxygen atoms in total. The van der Waals surface area contributed by atoms with Crippen LogP contribution in [0.15, 0.2) is 35.2 Å². The minimum atomic E-state index is -3.49. The predicted molar refractivity (Wildman–Crippen MR) is 80.9 cm³/mol. The molecule has 112 valence electrons. The van der Waals surface area contributed by atoms with E-state index in [0.29, 0.717) is 23.8 Å². The summed E-state index contributed by atoms with van der Waals surface area (Å²) in [4.78, 5) is 4.43. The zero-order valence-corrected chi connectivity index (χ0v) is 13.1. The highest BCUT2D eigenvalue weighted by Crippen LogP contribution is 2.25. The number of sulfonamides is 1. The molecule has 2 heterocycles. The molecule has 1 aliphatic heterocycles. The van der Waals surface area contributed by atoms with Crippen LogP contribution in [-0.2, 0) is 14.8 Å². The summed E-state index contributed by atoms with van der Waals surface area (Å²) in [5.74, 6) is 0. The summed E-state index contributed by atoms with van der Waals surface area (Å²) in [6.45, 7) is 0.882. The Bertz CT molecular complexity index is 779. The van der Waals surface area contributed by atoms with Crippen molar-refractivity contribution in [1.29, 1.82) is 0 Å². The van der Waals surface area contributed by atoms with Gasteiger partial charge in [0.1, 0.15) is 5.15 Å². The van der Waals surface area contributed by atoms with Crippen molar-refractivity contribution in [2.75, 3.05) is 20.2 Å². The summed E-state index contributed by atoms with van der Waals surface area (Å²) >= 11 is 5.83. The van der Waals surface area contributed by atoms with Crippen molar-refractivity contribution in [3.05, 3.63) is 35.5 Å². The molecule has 1 saturated heterocycles. The first-order valence-corrected chi connectivity index (χ1v) is 8.42. The van der Waals surface area contributed by atoms with Crippen molar-refractivity contribution in [2.45, 2.75) is 17.4 Å². The summed E-state index contributed by atoms with van der Waals surface area (Å²) in [5, 5.41) is 1.14. The molecule has 0 saturated carbocycles. The molecule has 0 N–H and O–H groups in total. The maximum absolute atomic E-state index is 12.6. The maximum Gasteiger partial charge on any atom is 0.243 e. The van der Waals surface area contributed by atoms with Gasteiger partial charge in [0.2, 0.25) is 10.0 Å². The Morgan fingerprint density at radius 2 is 2.14 bits per heavy atom. The fourth-order valence-corrected chi connectivity index (χ4v) is 4.17. The minimum Gasteiger partial charge on any atom is -0.380 e. The molecule has 0 aliphatic carbocycles. The predicted octanol–water partition coefficient (Wildman–Crippen LogP) is 2.30. The maximum atomic E-state index is 12.6. The number of hydrogen-bond donors (Lipinski definition) is 0. The molecule has 21 heavy (non-hydrogen) atoms. The van der Waals surface area contributed by atoms with E-state index in [2.05, 4.69) is 4.98 Å². The fourth-order valence-electron chi connectivity index (χ4n) is 2.50. The van der Waals surface area contributed by atoms with E-state index in [1.165, 1.54) is 4.31 Å². The van der Waals surface area contributed by atoms with Gasteiger partial charge in [0.25, 0.3) is 0 Å². The van der Waals surface area contributed by atoms with Crippen molar-refractivity contribution in [3.8, 4) is 0 Å². The van der Waals surface area contributed by atoms with Crippen molar-refractivity contribution >= 4 is 32.5 Å². The second-order valence-electron chi connectivity index (χ2n) is 5.00. The Kier molecular flexibility index (Phi) is 3.88. The molecule has 0 radical (unpaired) electrons. The van der Waals surface area contributed by atoms with Crippen molar-refractivity contribution < 1.29 is 13.2 Å². The van der Waals surface area contributed by atoms with Gasteiger partial charge in [-0.05, 0) is 36.8 Å². The average molecular weight is 327 g/mol. The number of halogens is 1. The second-order valence-corrected chi connectivity index (χ2v) is 7.32. The SMILES string of the molecule is COC1CCN(S(=O)(=O)c2ccc3nc(Cl)ccc3c2)C1. The molecule has 1 aliphatic rings. The third-order valence-corrected chi connectivity index (χ3v) is 5.78. The monoisotopic (exact) mass is 326 g/mol. The molecule has 1 unspecified atom stereocenters. The van der Waals surface area contributed by atoms with E-state index in [1.54, 1.807) is 37.4 Å². The molecule has 7 heteroatoms. The molecular weight excluding hydrogens is 312 g/mol. The normalized spacial score (nSPS) is 20.2. The van der Waals surface area contributed by atoms with Crippen LogP contribution < -0.4 is 0 Å². The van der Waals surface area contributed by atoms with Gasteiger partial charge in [-0.25, -0.2) is 13.4 Å². The van der Waals surface area contributed by atoms with Crippen molar-refractivity contribution in [2.24, 2.45) is 0 Å². The number of aromatic nitrogens is 1. The van der Waals surface area contributed by atoms with Gasteiger partial charge >= 0.3 is 0 Å². The summed E-state index contributed by atoms with van der Waals surface area (Å²) in [6.07, 6.45) is 0.696. The Hall–Kier alpha value is -1.21. The summed E-state index contributed by atoms with van der Waals surface area (Å²) in [6, 6.07) is 8.30. The molecule has 1 aromatic heterocycles. The van der Waals surface area contributed by atoms with Crippen LogP contribution in [0.2, 0.25) is 5.15 Å². The topological polar surface area (TPSA) is 59.5 Å². The summed E-state index contributed by atoms with van der Waals surface area (Å²) < 4.78 is 31.9. The number of pyridine rings is 1. The van der Waals surface area contributed by atoms with Crippen LogP contribution in [0.25, 0.3) is 10.9 Å². The Morgan fingerprint density at radius 1 is 1.33 bits per heavy atom. The van der Waals surface area contributed by atoms with Gasteiger partial charge in [-0.15, -0.1) is 0 Å². The van der Waals surface area contributed by atoms with Crippen LogP contribution in [0.5, 0.6) is 0 Å². The number of fused-ring (bicyclic) bond motifs is 1. The lowest BCUT2D eigenvalue weighted by atomic mass is 10.2. The van der Waals surface area contributed by atoms with E-state index in [0.717, 1.165) is 11.8 Å². The van der Waals surface area contributed by atoms with E-state index < -0.39 is 10.0 Å². The summed E-state index contributed by atoms with van der Waals surface area (Å²) in [7, 11) is -1.89. The van der Waals surface area contributed by atoms with Crippen molar-refractivity contribution in [3.63, 3.8) is 0 Å².